The predicted octanol–water partition coefficient (Wildman–Crippen LogP) is 3.03. The maximum Gasteiger partial charge on any atom is 0.250 e. The molecule has 0 radical (unpaired) electrons. The highest BCUT2D eigenvalue weighted by Gasteiger charge is 2.16. The summed E-state index contributed by atoms with van der Waals surface area (Å²) in [5.74, 6) is -0.330. The molecule has 4 aromatic rings. The van der Waals surface area contributed by atoms with Crippen LogP contribution in [0.3, 0.4) is 0 Å². The Bertz CT molecular complexity index is 1070. The Morgan fingerprint density at radius 1 is 1.17 bits per heavy atom. The minimum absolute atomic E-state index is 0.170. The van der Waals surface area contributed by atoms with E-state index in [2.05, 4.69) is 15.0 Å². The third-order valence-electron chi connectivity index (χ3n) is 3.77. The molecular formula is C17H13N5OS. The predicted molar refractivity (Wildman–Crippen MR) is 95.6 cm³/mol. The van der Waals surface area contributed by atoms with Gasteiger partial charge in [0, 0.05) is 10.9 Å². The summed E-state index contributed by atoms with van der Waals surface area (Å²) in [6.45, 7) is 0. The first-order valence-corrected chi connectivity index (χ1v) is 8.09. The number of nitrogens with zero attached hydrogens (tertiary/aromatic N) is 2. The Balaban J connectivity index is 1.89. The number of primary amides is 1. The number of anilines is 1. The molecule has 0 aliphatic rings. The van der Waals surface area contributed by atoms with Gasteiger partial charge in [-0.05, 0) is 46.7 Å². The Hall–Kier alpha value is -3.19. The van der Waals surface area contributed by atoms with E-state index in [9.17, 15) is 4.79 Å². The zero-order valence-corrected chi connectivity index (χ0v) is 13.3. The van der Waals surface area contributed by atoms with E-state index in [-0.39, 0.29) is 5.95 Å². The molecule has 118 valence electrons. The smallest absolute Gasteiger partial charge is 0.250 e. The van der Waals surface area contributed by atoms with E-state index in [4.69, 9.17) is 11.5 Å². The minimum atomic E-state index is -0.500. The molecule has 24 heavy (non-hydrogen) atoms. The minimum Gasteiger partial charge on any atom is -0.368 e. The van der Waals surface area contributed by atoms with Gasteiger partial charge in [-0.2, -0.15) is 0 Å². The molecule has 1 amide bonds. The lowest BCUT2D eigenvalue weighted by atomic mass is 10.1. The van der Waals surface area contributed by atoms with Crippen LogP contribution < -0.4 is 11.5 Å². The van der Waals surface area contributed by atoms with Crippen LogP contribution in [-0.2, 0) is 0 Å². The fourth-order valence-electron chi connectivity index (χ4n) is 2.66. The number of H-pyrrole nitrogens is 1. The van der Waals surface area contributed by atoms with Gasteiger partial charge < -0.3 is 16.5 Å². The topological polar surface area (TPSA) is 111 Å². The molecule has 0 spiro atoms. The molecule has 0 saturated carbocycles. The van der Waals surface area contributed by atoms with Gasteiger partial charge in [0.25, 0.3) is 5.91 Å². The number of hydrogen-bond acceptors (Lipinski definition) is 5. The van der Waals surface area contributed by atoms with Crippen LogP contribution in [0.2, 0.25) is 0 Å². The van der Waals surface area contributed by atoms with Crippen molar-refractivity contribution in [3.63, 3.8) is 0 Å². The van der Waals surface area contributed by atoms with E-state index in [1.54, 1.807) is 29.7 Å². The Morgan fingerprint density at radius 3 is 2.83 bits per heavy atom. The number of nitrogens with two attached hydrogens (primary N) is 2. The second-order valence-corrected chi connectivity index (χ2v) is 6.26. The van der Waals surface area contributed by atoms with E-state index in [0.717, 1.165) is 10.9 Å². The molecule has 3 aromatic heterocycles. The van der Waals surface area contributed by atoms with Crippen molar-refractivity contribution in [2.24, 2.45) is 5.73 Å². The number of rotatable bonds is 3. The average Bonchev–Trinajstić information content (AvgIpc) is 3.21. The summed E-state index contributed by atoms with van der Waals surface area (Å²) in [5.41, 5.74) is 14.4. The summed E-state index contributed by atoms with van der Waals surface area (Å²) < 4.78 is 1.19. The van der Waals surface area contributed by atoms with Crippen LogP contribution in [0.15, 0.2) is 48.0 Å². The van der Waals surface area contributed by atoms with Gasteiger partial charge >= 0.3 is 0 Å². The van der Waals surface area contributed by atoms with Gasteiger partial charge in [0.2, 0.25) is 5.95 Å². The third-order valence-corrected chi connectivity index (χ3v) is 4.67. The zero-order chi connectivity index (χ0) is 16.7. The van der Waals surface area contributed by atoms with Crippen molar-refractivity contribution in [1.82, 2.24) is 15.0 Å². The van der Waals surface area contributed by atoms with Crippen LogP contribution in [0.5, 0.6) is 0 Å². The summed E-state index contributed by atoms with van der Waals surface area (Å²) in [5, 5.41) is 3.16. The summed E-state index contributed by atoms with van der Waals surface area (Å²) >= 11 is 1.67. The molecule has 6 nitrogen and oxygen atoms in total. The van der Waals surface area contributed by atoms with Gasteiger partial charge in [0.05, 0.1) is 22.6 Å². The van der Waals surface area contributed by atoms with Crippen molar-refractivity contribution in [2.45, 2.75) is 0 Å². The van der Waals surface area contributed by atoms with Crippen molar-refractivity contribution in [2.75, 3.05) is 5.73 Å². The van der Waals surface area contributed by atoms with Crippen LogP contribution in [0.25, 0.3) is 32.7 Å². The van der Waals surface area contributed by atoms with Crippen molar-refractivity contribution in [1.29, 1.82) is 0 Å². The maximum absolute atomic E-state index is 11.9. The fourth-order valence-corrected chi connectivity index (χ4v) is 3.43. The first kappa shape index (κ1) is 14.4. The van der Waals surface area contributed by atoms with E-state index in [0.29, 0.717) is 22.6 Å². The first-order chi connectivity index (χ1) is 11.6. The number of nitrogens with one attached hydrogen (secondary N) is 1. The standard InChI is InChI=1S/C17H13N5OS/c18-16(23)11-8-13(12-3-5-20-17(19)22-12)21-15(11)10-1-2-14-9(7-10)4-6-24-14/h1-8,21H,(H2,18,23)(H2,19,20,22). The van der Waals surface area contributed by atoms with Crippen LogP contribution in [-0.4, -0.2) is 20.9 Å². The highest BCUT2D eigenvalue weighted by atomic mass is 32.1. The number of nitrogen functional groups attached to an aromatic ring is 1. The first-order valence-electron chi connectivity index (χ1n) is 7.21. The molecule has 0 atom stereocenters. The average molecular weight is 335 g/mol. The van der Waals surface area contributed by atoms with Crippen molar-refractivity contribution in [3.8, 4) is 22.6 Å². The molecule has 0 bridgehead atoms. The maximum atomic E-state index is 11.9. The van der Waals surface area contributed by atoms with Gasteiger partial charge in [0.1, 0.15) is 0 Å². The van der Waals surface area contributed by atoms with Crippen LogP contribution in [0.1, 0.15) is 10.4 Å². The number of fused-ring (bicyclic) bond motifs is 1. The summed E-state index contributed by atoms with van der Waals surface area (Å²) in [7, 11) is 0. The molecule has 1 aromatic carbocycles. The molecule has 0 unspecified atom stereocenters. The van der Waals surface area contributed by atoms with Crippen LogP contribution in [0.4, 0.5) is 5.95 Å². The normalized spacial score (nSPS) is 11.0. The van der Waals surface area contributed by atoms with Gasteiger partial charge in [-0.3, -0.25) is 4.79 Å². The molecule has 4 rings (SSSR count). The second kappa shape index (κ2) is 5.47. The lowest BCUT2D eigenvalue weighted by Crippen LogP contribution is -2.11. The Labute approximate surface area is 141 Å². The van der Waals surface area contributed by atoms with Gasteiger partial charge in [-0.15, -0.1) is 11.3 Å². The number of amides is 1. The van der Waals surface area contributed by atoms with Gasteiger partial charge in [-0.1, -0.05) is 6.07 Å². The lowest BCUT2D eigenvalue weighted by molar-refractivity contribution is 0.100. The molecule has 7 heteroatoms. The number of aromatic amines is 1. The number of aromatic nitrogens is 3. The Morgan fingerprint density at radius 2 is 2.04 bits per heavy atom. The van der Waals surface area contributed by atoms with E-state index >= 15 is 0 Å². The number of carbonyl (C=O) groups is 1. The fraction of sp³-hybridized carbons (Fsp3) is 0. The SMILES string of the molecule is NC(=O)c1cc(-c2ccnc(N)n2)[nH]c1-c1ccc2sccc2c1. The highest BCUT2D eigenvalue weighted by Crippen LogP contribution is 2.31. The lowest BCUT2D eigenvalue weighted by Gasteiger charge is -2.02. The molecule has 0 saturated heterocycles. The van der Waals surface area contributed by atoms with Gasteiger partial charge in [-0.25, -0.2) is 9.97 Å². The van der Waals surface area contributed by atoms with E-state index in [1.165, 1.54) is 4.70 Å². The third kappa shape index (κ3) is 2.40. The monoisotopic (exact) mass is 335 g/mol. The largest absolute Gasteiger partial charge is 0.368 e. The van der Waals surface area contributed by atoms with Crippen LogP contribution in [0, 0.1) is 0 Å². The molecule has 3 heterocycles. The van der Waals surface area contributed by atoms with Crippen molar-refractivity contribution < 1.29 is 4.79 Å². The highest BCUT2D eigenvalue weighted by molar-refractivity contribution is 7.17. The second-order valence-electron chi connectivity index (χ2n) is 5.31. The molecule has 0 aliphatic heterocycles. The van der Waals surface area contributed by atoms with Crippen LogP contribution >= 0.6 is 11.3 Å². The van der Waals surface area contributed by atoms with E-state index in [1.807, 2.05) is 29.6 Å². The Kier molecular flexibility index (Phi) is 3.28. The molecule has 0 aliphatic carbocycles. The number of carbonyl (C=O) groups excluding carboxylic acids is 1. The molecule has 0 fully saturated rings. The number of hydrogen-bond donors (Lipinski definition) is 3. The molecule has 5 N–H and O–H groups in total. The van der Waals surface area contributed by atoms with Crippen molar-refractivity contribution >= 4 is 33.3 Å². The number of thiophene rings is 1. The number of benzene rings is 1. The van der Waals surface area contributed by atoms with E-state index < -0.39 is 5.91 Å². The quantitative estimate of drug-likeness (QED) is 0.534. The summed E-state index contributed by atoms with van der Waals surface area (Å²) in [6, 6.07) is 11.5. The summed E-state index contributed by atoms with van der Waals surface area (Å²) in [4.78, 5) is 23.2. The van der Waals surface area contributed by atoms with Crippen molar-refractivity contribution in [3.05, 3.63) is 53.5 Å². The molecular weight excluding hydrogens is 322 g/mol. The summed E-state index contributed by atoms with van der Waals surface area (Å²) in [6.07, 6.45) is 1.57. The zero-order valence-electron chi connectivity index (χ0n) is 12.5. The van der Waals surface area contributed by atoms with Gasteiger partial charge in [0.15, 0.2) is 0 Å².